The second-order valence-electron chi connectivity index (χ2n) is 3.42. The number of halogens is 2. The molecular weight excluding hydrogens is 303 g/mol. The molecule has 2 aromatic rings. The molecule has 1 aromatic carbocycles. The lowest BCUT2D eigenvalue weighted by atomic mass is 10.2. The van der Waals surface area contributed by atoms with Crippen molar-refractivity contribution < 1.29 is 13.9 Å². The van der Waals surface area contributed by atoms with Crippen molar-refractivity contribution in [2.75, 3.05) is 0 Å². The zero-order valence-corrected chi connectivity index (χ0v) is 10.6. The number of ether oxygens (including phenoxy) is 1. The number of carbonyl (C=O) groups is 1. The highest BCUT2D eigenvalue weighted by molar-refractivity contribution is 9.10. The molecule has 0 aliphatic carbocycles. The number of nitrogens with two attached hydrogens (primary N) is 1. The maximum Gasteiger partial charge on any atom is 0.248 e. The first-order chi connectivity index (χ1) is 8.56. The number of hydrogen-bond donors (Lipinski definition) is 1. The molecule has 6 heteroatoms. The number of carbonyl (C=O) groups excluding carboxylic acids is 1. The lowest BCUT2D eigenvalue weighted by molar-refractivity contribution is 0.1000. The van der Waals surface area contributed by atoms with Crippen molar-refractivity contribution in [3.8, 4) is 11.6 Å². The Labute approximate surface area is 111 Å². The molecule has 0 spiro atoms. The fraction of sp³-hybridized carbons (Fsp3) is 0. The van der Waals surface area contributed by atoms with Crippen molar-refractivity contribution in [3.05, 3.63) is 52.4 Å². The van der Waals surface area contributed by atoms with Gasteiger partial charge in [0.05, 0.1) is 4.47 Å². The van der Waals surface area contributed by atoms with Gasteiger partial charge in [-0.25, -0.2) is 9.37 Å². The maximum atomic E-state index is 12.9. The summed E-state index contributed by atoms with van der Waals surface area (Å²) in [4.78, 5) is 14.9. The molecule has 0 saturated carbocycles. The summed E-state index contributed by atoms with van der Waals surface area (Å²) in [7, 11) is 0. The first-order valence-electron chi connectivity index (χ1n) is 4.95. The summed E-state index contributed by atoms with van der Waals surface area (Å²) in [5, 5.41) is 0. The fourth-order valence-corrected chi connectivity index (χ4v) is 1.72. The molecule has 18 heavy (non-hydrogen) atoms. The Balaban J connectivity index is 2.28. The van der Waals surface area contributed by atoms with Crippen molar-refractivity contribution in [2.24, 2.45) is 5.73 Å². The normalized spacial score (nSPS) is 10.1. The zero-order valence-electron chi connectivity index (χ0n) is 9.06. The number of primary amides is 1. The number of rotatable bonds is 3. The minimum atomic E-state index is -0.569. The molecule has 2 N–H and O–H groups in total. The minimum Gasteiger partial charge on any atom is -0.438 e. The van der Waals surface area contributed by atoms with E-state index in [2.05, 4.69) is 20.9 Å². The summed E-state index contributed by atoms with van der Waals surface area (Å²) >= 11 is 3.17. The third-order valence-electron chi connectivity index (χ3n) is 2.13. The van der Waals surface area contributed by atoms with Crippen LogP contribution < -0.4 is 10.5 Å². The van der Waals surface area contributed by atoms with Gasteiger partial charge in [0.25, 0.3) is 0 Å². The Morgan fingerprint density at radius 2 is 2.11 bits per heavy atom. The van der Waals surface area contributed by atoms with E-state index in [1.165, 1.54) is 36.5 Å². The Morgan fingerprint density at radius 3 is 2.78 bits per heavy atom. The van der Waals surface area contributed by atoms with Crippen molar-refractivity contribution in [3.63, 3.8) is 0 Å². The average Bonchev–Trinajstić information content (AvgIpc) is 2.33. The van der Waals surface area contributed by atoms with E-state index in [4.69, 9.17) is 10.5 Å². The van der Waals surface area contributed by atoms with Crippen molar-refractivity contribution in [2.45, 2.75) is 0 Å². The van der Waals surface area contributed by atoms with Gasteiger partial charge in [0, 0.05) is 17.8 Å². The molecule has 0 saturated heterocycles. The van der Waals surface area contributed by atoms with Crippen LogP contribution >= 0.6 is 15.9 Å². The van der Waals surface area contributed by atoms with Gasteiger partial charge in [0.1, 0.15) is 11.6 Å². The summed E-state index contributed by atoms with van der Waals surface area (Å²) in [6, 6.07) is 6.89. The average molecular weight is 311 g/mol. The number of benzene rings is 1. The van der Waals surface area contributed by atoms with Crippen LogP contribution in [0.2, 0.25) is 0 Å². The van der Waals surface area contributed by atoms with Gasteiger partial charge < -0.3 is 10.5 Å². The van der Waals surface area contributed by atoms with E-state index >= 15 is 0 Å². The van der Waals surface area contributed by atoms with E-state index in [0.29, 0.717) is 15.8 Å². The second kappa shape index (κ2) is 5.14. The van der Waals surface area contributed by atoms with E-state index in [1.807, 2.05) is 0 Å². The van der Waals surface area contributed by atoms with Crippen LogP contribution in [0.1, 0.15) is 10.4 Å². The topological polar surface area (TPSA) is 65.2 Å². The van der Waals surface area contributed by atoms with Gasteiger partial charge in [-0.2, -0.15) is 0 Å². The maximum absolute atomic E-state index is 12.9. The molecule has 0 aliphatic rings. The lowest BCUT2D eigenvalue weighted by Gasteiger charge is -2.07. The molecule has 92 valence electrons. The predicted molar refractivity (Wildman–Crippen MR) is 66.9 cm³/mol. The number of nitrogens with zero attached hydrogens (tertiary/aromatic N) is 1. The first kappa shape index (κ1) is 12.5. The van der Waals surface area contributed by atoms with Gasteiger partial charge in [-0.3, -0.25) is 4.79 Å². The predicted octanol–water partition coefficient (Wildman–Crippen LogP) is 2.87. The van der Waals surface area contributed by atoms with Crippen LogP contribution in [0.15, 0.2) is 41.0 Å². The Hall–Kier alpha value is -1.95. The molecular formula is C12H8BrFN2O2. The Kier molecular flexibility index (Phi) is 3.57. The van der Waals surface area contributed by atoms with Gasteiger partial charge in [-0.15, -0.1) is 0 Å². The van der Waals surface area contributed by atoms with E-state index < -0.39 is 5.91 Å². The second-order valence-corrected chi connectivity index (χ2v) is 4.28. The number of amides is 1. The summed E-state index contributed by atoms with van der Waals surface area (Å²) in [6.07, 6.45) is 1.41. The molecule has 0 aliphatic heterocycles. The van der Waals surface area contributed by atoms with Crippen LogP contribution in [0.25, 0.3) is 0 Å². The highest BCUT2D eigenvalue weighted by Crippen LogP contribution is 2.29. The van der Waals surface area contributed by atoms with Gasteiger partial charge in [-0.1, -0.05) is 0 Å². The van der Waals surface area contributed by atoms with E-state index in [-0.39, 0.29) is 11.7 Å². The SMILES string of the molecule is NC(=O)c1ccnc(Oc2ccc(F)cc2Br)c1. The summed E-state index contributed by atoms with van der Waals surface area (Å²) < 4.78 is 18.8. The molecule has 1 aromatic heterocycles. The third-order valence-corrected chi connectivity index (χ3v) is 2.75. The molecule has 4 nitrogen and oxygen atoms in total. The van der Waals surface area contributed by atoms with Crippen molar-refractivity contribution in [1.82, 2.24) is 4.98 Å². The van der Waals surface area contributed by atoms with Crippen LogP contribution in [0, 0.1) is 5.82 Å². The summed E-state index contributed by atoms with van der Waals surface area (Å²) in [5.74, 6) is -0.349. The highest BCUT2D eigenvalue weighted by Gasteiger charge is 2.07. The molecule has 0 bridgehead atoms. The summed E-state index contributed by atoms with van der Waals surface area (Å²) in [5.41, 5.74) is 5.43. The molecule has 0 radical (unpaired) electrons. The quantitative estimate of drug-likeness (QED) is 0.948. The molecule has 1 heterocycles. The van der Waals surface area contributed by atoms with Gasteiger partial charge in [0.15, 0.2) is 0 Å². The van der Waals surface area contributed by atoms with Crippen LogP contribution in [0.4, 0.5) is 4.39 Å². The standard InChI is InChI=1S/C12H8BrFN2O2/c13-9-6-8(14)1-2-10(9)18-11-5-7(12(15)17)3-4-16-11/h1-6H,(H2,15,17). The van der Waals surface area contributed by atoms with Crippen LogP contribution in [-0.2, 0) is 0 Å². The fourth-order valence-electron chi connectivity index (χ4n) is 1.29. The van der Waals surface area contributed by atoms with Gasteiger partial charge in [0.2, 0.25) is 11.8 Å². The first-order valence-corrected chi connectivity index (χ1v) is 5.74. The monoisotopic (exact) mass is 310 g/mol. The van der Waals surface area contributed by atoms with Crippen molar-refractivity contribution >= 4 is 21.8 Å². The molecule has 2 rings (SSSR count). The third kappa shape index (κ3) is 2.84. The van der Waals surface area contributed by atoms with E-state index in [1.54, 1.807) is 0 Å². The molecule has 1 amide bonds. The largest absolute Gasteiger partial charge is 0.438 e. The van der Waals surface area contributed by atoms with E-state index in [9.17, 15) is 9.18 Å². The molecule has 0 unspecified atom stereocenters. The molecule has 0 fully saturated rings. The smallest absolute Gasteiger partial charge is 0.248 e. The van der Waals surface area contributed by atoms with Crippen LogP contribution in [-0.4, -0.2) is 10.9 Å². The Bertz CT molecular complexity index is 604. The Morgan fingerprint density at radius 1 is 1.33 bits per heavy atom. The van der Waals surface area contributed by atoms with Crippen molar-refractivity contribution in [1.29, 1.82) is 0 Å². The number of pyridine rings is 1. The number of aromatic nitrogens is 1. The van der Waals surface area contributed by atoms with Gasteiger partial charge >= 0.3 is 0 Å². The molecule has 0 atom stereocenters. The number of hydrogen-bond acceptors (Lipinski definition) is 3. The lowest BCUT2D eigenvalue weighted by Crippen LogP contribution is -2.10. The van der Waals surface area contributed by atoms with E-state index in [0.717, 1.165) is 0 Å². The highest BCUT2D eigenvalue weighted by atomic mass is 79.9. The minimum absolute atomic E-state index is 0.207. The zero-order chi connectivity index (χ0) is 13.1. The van der Waals surface area contributed by atoms with Crippen LogP contribution in [0.5, 0.6) is 11.6 Å². The van der Waals surface area contributed by atoms with Gasteiger partial charge in [-0.05, 0) is 40.2 Å². The van der Waals surface area contributed by atoms with Crippen LogP contribution in [0.3, 0.4) is 0 Å². The summed E-state index contributed by atoms with van der Waals surface area (Å²) in [6.45, 7) is 0.